The molecule has 0 radical (unpaired) electrons. The first-order chi connectivity index (χ1) is 24.1. The minimum Gasteiger partial charge on any atom is -0.496 e. The van der Waals surface area contributed by atoms with Crippen LogP contribution in [-0.2, 0) is 13.1 Å². The number of nitrogens with two attached hydrogens (primary N) is 1. The number of nitrogens with one attached hydrogen (secondary N) is 1. The van der Waals surface area contributed by atoms with E-state index in [4.69, 9.17) is 38.4 Å². The standard InChI is InChI=1S/C15H13N3O2S.C8H6N2OS.C8H11NO.CH2Cl2.3CH3.Al/c1-20-12-5-3-2-4-10(12)8-17-14(19)15-18-11-6-7-16-9-13(11)21-15;1-5(11)8-10-6-2-3-9-4-7(6)12-8;1-10-8-5-3-2-4-7(8)6-9;2-1-3;;;;/h2-7,9H,8H2,1H3,(H,17,19);2-4H,1H3;2-5H,6,9H2,1H3;1H2;3*1H3;. The summed E-state index contributed by atoms with van der Waals surface area (Å²) < 4.78 is 12.2. The van der Waals surface area contributed by atoms with Crippen molar-refractivity contribution in [2.24, 2.45) is 5.73 Å². The van der Waals surface area contributed by atoms with Gasteiger partial charge < -0.3 is 20.5 Å². The molecule has 50 heavy (non-hydrogen) atoms. The van der Waals surface area contributed by atoms with E-state index in [9.17, 15) is 9.59 Å². The number of methoxy groups -OCH3 is 2. The molecule has 0 spiro atoms. The van der Waals surface area contributed by atoms with Crippen LogP contribution in [0.4, 0.5) is 0 Å². The Balaban J connectivity index is 0.000000254. The molecule has 0 unspecified atom stereocenters. The minimum atomic E-state index is -0.192. The third kappa shape index (κ3) is 14.7. The van der Waals surface area contributed by atoms with Crippen LogP contribution in [0.25, 0.3) is 20.4 Å². The highest BCUT2D eigenvalue weighted by Crippen LogP contribution is 2.22. The molecule has 10 nitrogen and oxygen atoms in total. The first-order valence-corrected chi connectivity index (χ1v) is 21.5. The van der Waals surface area contributed by atoms with E-state index in [2.05, 4.69) is 42.6 Å². The molecule has 4 aromatic heterocycles. The predicted octanol–water partition coefficient (Wildman–Crippen LogP) is 8.47. The highest BCUT2D eigenvalue weighted by Gasteiger charge is 2.13. The van der Waals surface area contributed by atoms with Gasteiger partial charge in [-0.3, -0.25) is 19.6 Å². The first kappa shape index (κ1) is 42.5. The maximum absolute atomic E-state index is 12.2. The van der Waals surface area contributed by atoms with Gasteiger partial charge in [0, 0.05) is 55.9 Å². The van der Waals surface area contributed by atoms with Gasteiger partial charge in [-0.15, -0.1) is 63.2 Å². The van der Waals surface area contributed by atoms with Crippen molar-refractivity contribution in [3.05, 3.63) is 107 Å². The van der Waals surface area contributed by atoms with E-state index in [0.717, 1.165) is 43.1 Å². The summed E-state index contributed by atoms with van der Waals surface area (Å²) in [6, 6.07) is 18.9. The maximum atomic E-state index is 12.2. The normalized spacial score (nSPS) is 9.70. The molecule has 0 bridgehead atoms. The van der Waals surface area contributed by atoms with Crippen molar-refractivity contribution in [2.75, 3.05) is 19.6 Å². The number of amides is 1. The Kier molecular flexibility index (Phi) is 20.1. The summed E-state index contributed by atoms with van der Waals surface area (Å²) >= 11 is 12.1. The number of nitrogens with zero attached hydrogens (tertiary/aromatic N) is 4. The minimum absolute atomic E-state index is 0.0104. The Morgan fingerprint density at radius 2 is 1.22 bits per heavy atom. The number of para-hydroxylation sites is 2. The molecular formula is C35H41AlCl2N6O4S2. The van der Waals surface area contributed by atoms with Gasteiger partial charge in [-0.25, -0.2) is 9.97 Å². The number of ketones is 1. The summed E-state index contributed by atoms with van der Waals surface area (Å²) in [7, 11) is 3.26. The van der Waals surface area contributed by atoms with E-state index >= 15 is 0 Å². The van der Waals surface area contributed by atoms with Crippen LogP contribution in [0, 0.1) is 0 Å². The summed E-state index contributed by atoms with van der Waals surface area (Å²) in [4.78, 5) is 39.5. The highest BCUT2D eigenvalue weighted by atomic mass is 35.5. The van der Waals surface area contributed by atoms with Crippen LogP contribution in [-0.4, -0.2) is 65.3 Å². The van der Waals surface area contributed by atoms with Crippen molar-refractivity contribution < 1.29 is 19.1 Å². The molecule has 0 atom stereocenters. The molecule has 0 aliphatic carbocycles. The Bertz CT molecular complexity index is 1820. The van der Waals surface area contributed by atoms with E-state index < -0.39 is 0 Å². The van der Waals surface area contributed by atoms with Gasteiger partial charge in [0.05, 0.1) is 40.0 Å². The second-order valence-electron chi connectivity index (χ2n) is 10.6. The third-order valence-electron chi connectivity index (χ3n) is 5.92. The highest BCUT2D eigenvalue weighted by molar-refractivity contribution is 7.20. The van der Waals surface area contributed by atoms with Crippen molar-refractivity contribution in [3.8, 4) is 11.5 Å². The molecule has 0 fully saturated rings. The van der Waals surface area contributed by atoms with Gasteiger partial charge in [-0.05, 0) is 24.3 Å². The average molecular weight is 772 g/mol. The van der Waals surface area contributed by atoms with E-state index in [1.54, 1.807) is 51.1 Å². The van der Waals surface area contributed by atoms with Gasteiger partial charge in [0.15, 0.2) is 15.8 Å². The molecule has 4 heterocycles. The Morgan fingerprint density at radius 3 is 1.66 bits per heavy atom. The van der Waals surface area contributed by atoms with Gasteiger partial charge in [0.25, 0.3) is 20.1 Å². The number of aromatic nitrogens is 4. The topological polar surface area (TPSA) is 142 Å². The van der Waals surface area contributed by atoms with Crippen LogP contribution in [0.2, 0.25) is 17.4 Å². The quantitative estimate of drug-likeness (QED) is 0.0929. The third-order valence-corrected chi connectivity index (χ3v) is 8.03. The average Bonchev–Trinajstić information content (AvgIpc) is 3.77. The number of carbonyl (C=O) groups is 2. The van der Waals surface area contributed by atoms with Crippen molar-refractivity contribution >= 4 is 92.1 Å². The summed E-state index contributed by atoms with van der Waals surface area (Å²) in [5, 5.41) is 4.05. The molecule has 0 aliphatic rings. The maximum Gasteiger partial charge on any atom is 0.280 e. The van der Waals surface area contributed by atoms with Crippen LogP contribution in [0.1, 0.15) is 37.7 Å². The lowest BCUT2D eigenvalue weighted by molar-refractivity contribution is 0.0949. The molecule has 3 N–H and O–H groups in total. The van der Waals surface area contributed by atoms with E-state index in [1.165, 1.54) is 29.6 Å². The molecule has 6 rings (SSSR count). The number of thiazole rings is 2. The van der Waals surface area contributed by atoms with Crippen molar-refractivity contribution in [1.82, 2.24) is 25.3 Å². The molecule has 15 heteroatoms. The molecule has 0 saturated carbocycles. The Morgan fingerprint density at radius 1 is 0.780 bits per heavy atom. The number of rotatable bonds is 7. The fourth-order valence-corrected chi connectivity index (χ4v) is 5.46. The van der Waals surface area contributed by atoms with Crippen molar-refractivity contribution in [1.29, 1.82) is 0 Å². The molecule has 2 aromatic carbocycles. The molecular weight excluding hydrogens is 730 g/mol. The fraction of sp³-hybridized carbons (Fsp3) is 0.257. The van der Waals surface area contributed by atoms with Crippen molar-refractivity contribution in [2.45, 2.75) is 37.4 Å². The smallest absolute Gasteiger partial charge is 0.280 e. The second-order valence-corrected chi connectivity index (χ2v) is 17.0. The van der Waals surface area contributed by atoms with Crippen LogP contribution in [0.3, 0.4) is 0 Å². The lowest BCUT2D eigenvalue weighted by Gasteiger charge is -2.08. The van der Waals surface area contributed by atoms with Crippen LogP contribution < -0.4 is 20.5 Å². The summed E-state index contributed by atoms with van der Waals surface area (Å²) in [5.41, 5.74) is 9.06. The lowest BCUT2D eigenvalue weighted by Crippen LogP contribution is -2.22. The molecule has 6 aromatic rings. The zero-order valence-corrected chi connectivity index (χ0v) is 33.2. The van der Waals surface area contributed by atoms with Gasteiger partial charge in [-0.1, -0.05) is 36.4 Å². The number of Topliss-reactive ketones (excluding diaryl/α,β-unsaturated/α-hetero) is 1. The monoisotopic (exact) mass is 770 g/mol. The lowest BCUT2D eigenvalue weighted by atomic mass is 10.2. The van der Waals surface area contributed by atoms with Crippen molar-refractivity contribution in [3.63, 3.8) is 0 Å². The van der Waals surface area contributed by atoms with Gasteiger partial charge in [-0.2, -0.15) is 0 Å². The second kappa shape index (κ2) is 23.7. The number of hydrogen-bond donors (Lipinski definition) is 2. The zero-order valence-electron chi connectivity index (χ0n) is 28.9. The number of fused-ring (bicyclic) bond motifs is 2. The summed E-state index contributed by atoms with van der Waals surface area (Å²) in [6.07, 6.45) is 6.77. The number of halogens is 2. The number of ether oxygens (including phenoxy) is 2. The number of hydrogen-bond acceptors (Lipinski definition) is 11. The van der Waals surface area contributed by atoms with E-state index in [-0.39, 0.29) is 31.2 Å². The Hall–Kier alpha value is -3.67. The fourth-order valence-electron chi connectivity index (χ4n) is 3.78. The van der Waals surface area contributed by atoms with Crippen LogP contribution in [0.15, 0.2) is 85.5 Å². The Labute approximate surface area is 315 Å². The van der Waals surface area contributed by atoms with Gasteiger partial charge >= 0.3 is 0 Å². The molecule has 0 saturated heterocycles. The molecule has 0 aliphatic heterocycles. The zero-order chi connectivity index (χ0) is 36.9. The van der Waals surface area contributed by atoms with Crippen LogP contribution in [0.5, 0.6) is 11.5 Å². The number of benzene rings is 2. The van der Waals surface area contributed by atoms with E-state index in [1.807, 2.05) is 48.5 Å². The van der Waals surface area contributed by atoms with Crippen LogP contribution >= 0.6 is 45.9 Å². The SMILES string of the molecule is CC(=O)c1nc2ccncc2s1.COc1ccccc1CN.COc1ccccc1CNC(=O)c1nc2ccncc2s1.ClCCl.[CH3][Al]([CH3])[CH3]. The largest absolute Gasteiger partial charge is 0.496 e. The van der Waals surface area contributed by atoms with Gasteiger partial charge in [0.2, 0.25) is 0 Å². The van der Waals surface area contributed by atoms with Gasteiger partial charge in [0.1, 0.15) is 11.5 Å². The number of pyridine rings is 2. The first-order valence-electron chi connectivity index (χ1n) is 15.3. The molecule has 264 valence electrons. The molecule has 1 amide bonds. The number of carbonyl (C=O) groups excluding carboxylic acids is 2. The summed E-state index contributed by atoms with van der Waals surface area (Å²) in [5.74, 6) is 8.36. The summed E-state index contributed by atoms with van der Waals surface area (Å²) in [6.45, 7) is 2.45. The number of alkyl halides is 2. The predicted molar refractivity (Wildman–Crippen MR) is 210 cm³/mol. The van der Waals surface area contributed by atoms with E-state index in [0.29, 0.717) is 23.1 Å².